The van der Waals surface area contributed by atoms with E-state index in [0.717, 1.165) is 28.7 Å². The second-order valence-electron chi connectivity index (χ2n) is 9.17. The van der Waals surface area contributed by atoms with Crippen LogP contribution in [-0.4, -0.2) is 35.4 Å². The smallest absolute Gasteiger partial charge is 0.261 e. The van der Waals surface area contributed by atoms with E-state index in [1.54, 1.807) is 11.0 Å². The van der Waals surface area contributed by atoms with Crippen LogP contribution in [0, 0.1) is 13.8 Å². The summed E-state index contributed by atoms with van der Waals surface area (Å²) < 4.78 is 5.88. The van der Waals surface area contributed by atoms with Gasteiger partial charge >= 0.3 is 0 Å². The van der Waals surface area contributed by atoms with E-state index < -0.39 is 6.04 Å². The number of nitrogens with one attached hydrogen (secondary N) is 1. The molecule has 0 spiro atoms. The van der Waals surface area contributed by atoms with Gasteiger partial charge in [0.25, 0.3) is 5.91 Å². The highest BCUT2D eigenvalue weighted by atomic mass is 35.5. The summed E-state index contributed by atoms with van der Waals surface area (Å²) in [5.41, 5.74) is 3.98. The number of hydrogen-bond acceptors (Lipinski definition) is 3. The maximum absolute atomic E-state index is 13.7. The van der Waals surface area contributed by atoms with Crippen LogP contribution in [0.25, 0.3) is 0 Å². The quantitative estimate of drug-likeness (QED) is 0.352. The highest BCUT2D eigenvalue weighted by molar-refractivity contribution is 6.31. The molecule has 3 aromatic carbocycles. The van der Waals surface area contributed by atoms with Gasteiger partial charge in [0.1, 0.15) is 11.8 Å². The molecule has 36 heavy (non-hydrogen) atoms. The van der Waals surface area contributed by atoms with Crippen LogP contribution in [0.2, 0.25) is 5.02 Å². The topological polar surface area (TPSA) is 58.6 Å². The number of carbonyl (C=O) groups excluding carboxylic acids is 2. The molecule has 2 atom stereocenters. The number of amides is 2. The Balaban J connectivity index is 1.92. The number of halogens is 1. The molecule has 0 bridgehead atoms. The molecular weight excluding hydrogens is 472 g/mol. The van der Waals surface area contributed by atoms with E-state index in [1.807, 2.05) is 94.4 Å². The predicted molar refractivity (Wildman–Crippen MR) is 145 cm³/mol. The lowest BCUT2D eigenvalue weighted by Gasteiger charge is -2.32. The van der Waals surface area contributed by atoms with Crippen LogP contribution in [0.15, 0.2) is 72.8 Å². The van der Waals surface area contributed by atoms with E-state index in [2.05, 4.69) is 5.32 Å². The van der Waals surface area contributed by atoms with Crippen molar-refractivity contribution in [2.45, 2.75) is 59.2 Å². The Kier molecular flexibility index (Phi) is 9.95. The lowest BCUT2D eigenvalue weighted by molar-refractivity contribution is -0.143. The monoisotopic (exact) mass is 506 g/mol. The number of rotatable bonds is 11. The number of benzene rings is 3. The Hall–Kier alpha value is -3.31. The van der Waals surface area contributed by atoms with Gasteiger partial charge in [-0.25, -0.2) is 0 Å². The minimum absolute atomic E-state index is 0.0141. The van der Waals surface area contributed by atoms with E-state index in [4.69, 9.17) is 16.3 Å². The van der Waals surface area contributed by atoms with Crippen molar-refractivity contribution in [3.63, 3.8) is 0 Å². The molecule has 5 nitrogen and oxygen atoms in total. The Labute approximate surface area is 219 Å². The Bertz CT molecular complexity index is 1170. The van der Waals surface area contributed by atoms with Crippen molar-refractivity contribution in [3.05, 3.63) is 100 Å². The van der Waals surface area contributed by atoms with Crippen LogP contribution in [0.3, 0.4) is 0 Å². The zero-order valence-electron chi connectivity index (χ0n) is 21.5. The molecule has 0 aromatic heterocycles. The van der Waals surface area contributed by atoms with Gasteiger partial charge in [-0.15, -0.1) is 0 Å². The predicted octanol–water partition coefficient (Wildman–Crippen LogP) is 5.89. The average Bonchev–Trinajstić information content (AvgIpc) is 2.88. The van der Waals surface area contributed by atoms with Gasteiger partial charge in [0, 0.05) is 24.0 Å². The molecular formula is C30H35ClN2O3. The SMILES string of the molecule is CCC(C)NC(=O)C(Cc1ccccc1)N(Cc1ccccc1Cl)C(=O)COc1ccc(C)c(C)c1. The van der Waals surface area contributed by atoms with Crippen molar-refractivity contribution < 1.29 is 14.3 Å². The van der Waals surface area contributed by atoms with E-state index in [-0.39, 0.29) is 31.0 Å². The zero-order valence-corrected chi connectivity index (χ0v) is 22.2. The number of hydrogen-bond donors (Lipinski definition) is 1. The first-order valence-corrected chi connectivity index (χ1v) is 12.7. The van der Waals surface area contributed by atoms with Crippen LogP contribution < -0.4 is 10.1 Å². The summed E-state index contributed by atoms with van der Waals surface area (Å²) in [7, 11) is 0. The van der Waals surface area contributed by atoms with Gasteiger partial charge in [-0.3, -0.25) is 9.59 Å². The summed E-state index contributed by atoms with van der Waals surface area (Å²) >= 11 is 6.46. The van der Waals surface area contributed by atoms with E-state index >= 15 is 0 Å². The van der Waals surface area contributed by atoms with E-state index in [1.165, 1.54) is 0 Å². The van der Waals surface area contributed by atoms with Crippen LogP contribution in [0.5, 0.6) is 5.75 Å². The summed E-state index contributed by atoms with van der Waals surface area (Å²) in [6.07, 6.45) is 1.17. The van der Waals surface area contributed by atoms with Crippen molar-refractivity contribution in [3.8, 4) is 5.75 Å². The second kappa shape index (κ2) is 13.1. The van der Waals surface area contributed by atoms with Crippen molar-refractivity contribution >= 4 is 23.4 Å². The van der Waals surface area contributed by atoms with Crippen molar-refractivity contribution in [2.75, 3.05) is 6.61 Å². The lowest BCUT2D eigenvalue weighted by Crippen LogP contribution is -2.53. The maximum atomic E-state index is 13.7. The van der Waals surface area contributed by atoms with Gasteiger partial charge in [0.15, 0.2) is 6.61 Å². The molecule has 190 valence electrons. The van der Waals surface area contributed by atoms with Gasteiger partial charge < -0.3 is 15.0 Å². The molecule has 3 rings (SSSR count). The molecule has 0 saturated carbocycles. The molecule has 0 radical (unpaired) electrons. The first-order valence-electron chi connectivity index (χ1n) is 12.4. The Morgan fingerprint density at radius 1 is 0.972 bits per heavy atom. The van der Waals surface area contributed by atoms with Gasteiger partial charge in [-0.05, 0) is 67.6 Å². The first-order chi connectivity index (χ1) is 17.3. The first kappa shape index (κ1) is 27.3. The average molecular weight is 507 g/mol. The standard InChI is InChI=1S/C30H35ClN2O3/c1-5-23(4)32-30(35)28(18-24-11-7-6-8-12-24)33(19-25-13-9-10-14-27(25)31)29(34)20-36-26-16-15-21(2)22(3)17-26/h6-17,23,28H,5,18-20H2,1-4H3,(H,32,35). The molecule has 0 heterocycles. The molecule has 2 unspecified atom stereocenters. The summed E-state index contributed by atoms with van der Waals surface area (Å²) in [6, 6.07) is 22.1. The second-order valence-corrected chi connectivity index (χ2v) is 9.58. The highest BCUT2D eigenvalue weighted by Crippen LogP contribution is 2.22. The van der Waals surface area contributed by atoms with Gasteiger partial charge in [0.2, 0.25) is 5.91 Å². The third-order valence-electron chi connectivity index (χ3n) is 6.41. The minimum Gasteiger partial charge on any atom is -0.484 e. The Morgan fingerprint density at radius 3 is 2.33 bits per heavy atom. The molecule has 2 amide bonds. The molecule has 0 aliphatic heterocycles. The normalized spacial score (nSPS) is 12.5. The molecule has 0 fully saturated rings. The van der Waals surface area contributed by atoms with Crippen LogP contribution in [-0.2, 0) is 22.6 Å². The number of nitrogens with zero attached hydrogens (tertiary/aromatic N) is 1. The highest BCUT2D eigenvalue weighted by Gasteiger charge is 2.31. The minimum atomic E-state index is -0.728. The van der Waals surface area contributed by atoms with E-state index in [9.17, 15) is 9.59 Å². The lowest BCUT2D eigenvalue weighted by atomic mass is 10.0. The number of carbonyl (C=O) groups is 2. The number of aryl methyl sites for hydroxylation is 2. The third-order valence-corrected chi connectivity index (χ3v) is 6.78. The summed E-state index contributed by atoms with van der Waals surface area (Å²) in [6.45, 7) is 8.01. The largest absolute Gasteiger partial charge is 0.484 e. The fourth-order valence-electron chi connectivity index (χ4n) is 3.84. The fourth-order valence-corrected chi connectivity index (χ4v) is 4.03. The fraction of sp³-hybridized carbons (Fsp3) is 0.333. The summed E-state index contributed by atoms with van der Waals surface area (Å²) in [4.78, 5) is 28.8. The molecule has 0 saturated heterocycles. The van der Waals surface area contributed by atoms with Crippen LogP contribution in [0.4, 0.5) is 0 Å². The third kappa shape index (κ3) is 7.59. The molecule has 0 aliphatic carbocycles. The van der Waals surface area contributed by atoms with Gasteiger partial charge in [-0.2, -0.15) is 0 Å². The van der Waals surface area contributed by atoms with Gasteiger partial charge in [0.05, 0.1) is 0 Å². The zero-order chi connectivity index (χ0) is 26.1. The summed E-state index contributed by atoms with van der Waals surface area (Å²) in [5, 5.41) is 3.61. The molecule has 1 N–H and O–H groups in total. The van der Waals surface area contributed by atoms with Crippen LogP contribution in [0.1, 0.15) is 42.5 Å². The van der Waals surface area contributed by atoms with Crippen molar-refractivity contribution in [2.24, 2.45) is 0 Å². The van der Waals surface area contributed by atoms with Crippen LogP contribution >= 0.6 is 11.6 Å². The summed E-state index contributed by atoms with van der Waals surface area (Å²) in [5.74, 6) is 0.140. The Morgan fingerprint density at radius 2 is 1.67 bits per heavy atom. The van der Waals surface area contributed by atoms with Gasteiger partial charge in [-0.1, -0.05) is 73.1 Å². The van der Waals surface area contributed by atoms with Crippen molar-refractivity contribution in [1.82, 2.24) is 10.2 Å². The maximum Gasteiger partial charge on any atom is 0.261 e. The number of ether oxygens (including phenoxy) is 1. The molecule has 0 aliphatic rings. The van der Waals surface area contributed by atoms with Crippen molar-refractivity contribution in [1.29, 1.82) is 0 Å². The molecule has 3 aromatic rings. The van der Waals surface area contributed by atoms with E-state index in [0.29, 0.717) is 17.2 Å². The molecule has 6 heteroatoms.